The molecule has 0 aliphatic carbocycles. The predicted molar refractivity (Wildman–Crippen MR) is 108 cm³/mol. The third kappa shape index (κ3) is 3.02. The number of aryl methyl sites for hydroxylation is 1. The van der Waals surface area contributed by atoms with E-state index in [2.05, 4.69) is 16.7 Å². The van der Waals surface area contributed by atoms with Crippen molar-refractivity contribution < 1.29 is 0 Å². The van der Waals surface area contributed by atoms with E-state index in [-0.39, 0.29) is 5.56 Å². The van der Waals surface area contributed by atoms with Crippen LogP contribution in [0.1, 0.15) is 5.82 Å². The fourth-order valence-electron chi connectivity index (χ4n) is 2.60. The number of hydrogen-bond acceptors (Lipinski definition) is 7. The number of thioether (sulfide) groups is 1. The molecule has 0 saturated carbocycles. The van der Waals surface area contributed by atoms with Crippen LogP contribution in [0.3, 0.4) is 0 Å². The van der Waals surface area contributed by atoms with Crippen LogP contribution < -0.4 is 5.56 Å². The minimum absolute atomic E-state index is 0.0278. The Hall–Kier alpha value is -2.23. The van der Waals surface area contributed by atoms with Crippen molar-refractivity contribution in [1.82, 2.24) is 24.3 Å². The van der Waals surface area contributed by atoms with Crippen LogP contribution in [-0.2, 0) is 19.3 Å². The number of nitrogens with zero attached hydrogens (tertiary/aromatic N) is 5. The minimum atomic E-state index is -0.0278. The lowest BCUT2D eigenvalue weighted by atomic mass is 10.2. The molecule has 4 aromatic heterocycles. The highest BCUT2D eigenvalue weighted by Gasteiger charge is 2.18. The van der Waals surface area contributed by atoms with Crippen molar-refractivity contribution in [3.63, 3.8) is 0 Å². The Labute approximate surface area is 161 Å². The van der Waals surface area contributed by atoms with Gasteiger partial charge in [-0.3, -0.25) is 14.0 Å². The molecule has 0 unspecified atom stereocenters. The molecule has 26 heavy (non-hydrogen) atoms. The summed E-state index contributed by atoms with van der Waals surface area (Å²) in [5.41, 5.74) is 0.931. The molecule has 0 atom stereocenters. The number of allylic oxidation sites excluding steroid dienone is 1. The first-order chi connectivity index (χ1) is 12.7. The molecule has 0 fully saturated rings. The largest absolute Gasteiger partial charge is 0.283 e. The lowest BCUT2D eigenvalue weighted by molar-refractivity contribution is 0.671. The normalized spacial score (nSPS) is 11.3. The van der Waals surface area contributed by atoms with E-state index >= 15 is 0 Å². The SMILES string of the molecule is C=CCn1c(SCc2ncnn2C)nc2scc(-c3cccs3)c2c1=O. The van der Waals surface area contributed by atoms with E-state index in [1.165, 1.54) is 29.4 Å². The molecule has 0 radical (unpaired) electrons. The van der Waals surface area contributed by atoms with E-state index in [4.69, 9.17) is 4.98 Å². The Morgan fingerprint density at radius 1 is 1.38 bits per heavy atom. The van der Waals surface area contributed by atoms with Gasteiger partial charge in [0.25, 0.3) is 5.56 Å². The monoisotopic (exact) mass is 401 g/mol. The first kappa shape index (κ1) is 17.2. The molecule has 132 valence electrons. The highest BCUT2D eigenvalue weighted by molar-refractivity contribution is 7.98. The summed E-state index contributed by atoms with van der Waals surface area (Å²) in [5, 5.41) is 9.46. The van der Waals surface area contributed by atoms with Gasteiger partial charge in [0, 0.05) is 29.4 Å². The van der Waals surface area contributed by atoms with Gasteiger partial charge in [0.2, 0.25) is 0 Å². The van der Waals surface area contributed by atoms with Gasteiger partial charge in [-0.25, -0.2) is 9.97 Å². The maximum atomic E-state index is 13.2. The predicted octanol–water partition coefficient (Wildman–Crippen LogP) is 3.79. The summed E-state index contributed by atoms with van der Waals surface area (Å²) in [4.78, 5) is 24.0. The van der Waals surface area contributed by atoms with Crippen molar-refractivity contribution in [1.29, 1.82) is 0 Å². The standard InChI is InChI=1S/C17H15N5OS3/c1-3-6-22-16(23)14-11(12-5-4-7-24-12)8-25-15(14)20-17(22)26-9-13-18-10-19-21(13)2/h3-5,7-8,10H,1,6,9H2,2H3. The maximum absolute atomic E-state index is 13.2. The molecule has 9 heteroatoms. The first-order valence-electron chi connectivity index (χ1n) is 7.81. The molecule has 4 heterocycles. The second-order valence-electron chi connectivity index (χ2n) is 5.49. The number of fused-ring (bicyclic) bond motifs is 1. The second kappa shape index (κ2) is 7.18. The molecular formula is C17H15N5OS3. The average molecular weight is 402 g/mol. The molecule has 0 saturated heterocycles. The van der Waals surface area contributed by atoms with Crippen LogP contribution in [0.15, 0.2) is 51.8 Å². The summed E-state index contributed by atoms with van der Waals surface area (Å²) >= 11 is 4.61. The van der Waals surface area contributed by atoms with E-state index in [9.17, 15) is 4.79 Å². The number of aromatic nitrogens is 5. The molecular weight excluding hydrogens is 386 g/mol. The quantitative estimate of drug-likeness (QED) is 0.279. The van der Waals surface area contributed by atoms with Crippen molar-refractivity contribution in [2.75, 3.05) is 0 Å². The van der Waals surface area contributed by atoms with Crippen molar-refractivity contribution >= 4 is 44.7 Å². The van der Waals surface area contributed by atoms with Crippen LogP contribution in [0, 0.1) is 0 Å². The Balaban J connectivity index is 1.80. The molecule has 0 aliphatic heterocycles. The van der Waals surface area contributed by atoms with Crippen LogP contribution >= 0.6 is 34.4 Å². The van der Waals surface area contributed by atoms with Gasteiger partial charge in [0.15, 0.2) is 5.16 Å². The Morgan fingerprint density at radius 2 is 2.27 bits per heavy atom. The summed E-state index contributed by atoms with van der Waals surface area (Å²) in [6, 6.07) is 4.02. The summed E-state index contributed by atoms with van der Waals surface area (Å²) in [6.07, 6.45) is 3.24. The van der Waals surface area contributed by atoms with Gasteiger partial charge in [-0.05, 0) is 11.4 Å². The topological polar surface area (TPSA) is 65.6 Å². The molecule has 0 aromatic carbocycles. The lowest BCUT2D eigenvalue weighted by Crippen LogP contribution is -2.22. The summed E-state index contributed by atoms with van der Waals surface area (Å²) < 4.78 is 3.40. The highest BCUT2D eigenvalue weighted by Crippen LogP contribution is 2.34. The fraction of sp³-hybridized carbons (Fsp3) is 0.176. The average Bonchev–Trinajstić information content (AvgIpc) is 3.36. The fourth-order valence-corrected chi connectivity index (χ4v) is 5.40. The molecule has 0 amide bonds. The number of thiophene rings is 2. The zero-order valence-electron chi connectivity index (χ0n) is 14.0. The van der Waals surface area contributed by atoms with Crippen LogP contribution in [0.5, 0.6) is 0 Å². The molecule has 0 aliphatic rings. The second-order valence-corrected chi connectivity index (χ2v) is 8.24. The van der Waals surface area contributed by atoms with Gasteiger partial charge in [-0.2, -0.15) is 5.10 Å². The van der Waals surface area contributed by atoms with Gasteiger partial charge in [0.05, 0.1) is 11.1 Å². The van der Waals surface area contributed by atoms with Crippen molar-refractivity contribution in [2.24, 2.45) is 7.05 Å². The maximum Gasteiger partial charge on any atom is 0.263 e. The summed E-state index contributed by atoms with van der Waals surface area (Å²) in [6.45, 7) is 4.20. The molecule has 0 spiro atoms. The van der Waals surface area contributed by atoms with Crippen LogP contribution in [0.4, 0.5) is 0 Å². The Bertz CT molecular complexity index is 1120. The third-order valence-corrected chi connectivity index (χ3v) is 6.64. The van der Waals surface area contributed by atoms with Gasteiger partial charge in [-0.1, -0.05) is 23.9 Å². The number of hydrogen-bond donors (Lipinski definition) is 0. The van der Waals surface area contributed by atoms with Gasteiger partial charge >= 0.3 is 0 Å². The van der Waals surface area contributed by atoms with Crippen LogP contribution in [-0.4, -0.2) is 24.3 Å². The lowest BCUT2D eigenvalue weighted by Gasteiger charge is -2.10. The number of rotatable bonds is 6. The van der Waals surface area contributed by atoms with E-state index < -0.39 is 0 Å². The van der Waals surface area contributed by atoms with Crippen molar-refractivity contribution in [3.8, 4) is 10.4 Å². The van der Waals surface area contributed by atoms with E-state index in [0.29, 0.717) is 22.8 Å². The Kier molecular flexibility index (Phi) is 4.75. The van der Waals surface area contributed by atoms with Crippen LogP contribution in [0.25, 0.3) is 20.7 Å². The van der Waals surface area contributed by atoms with Gasteiger partial charge in [0.1, 0.15) is 17.0 Å². The summed E-state index contributed by atoms with van der Waals surface area (Å²) in [7, 11) is 1.85. The molecule has 6 nitrogen and oxygen atoms in total. The molecule has 0 bridgehead atoms. The third-order valence-electron chi connectivity index (χ3n) is 3.89. The van der Waals surface area contributed by atoms with E-state index in [0.717, 1.165) is 21.1 Å². The molecule has 4 rings (SSSR count). The molecule has 4 aromatic rings. The van der Waals surface area contributed by atoms with Gasteiger partial charge < -0.3 is 0 Å². The Morgan fingerprint density at radius 3 is 2.96 bits per heavy atom. The van der Waals surface area contributed by atoms with Crippen LogP contribution in [0.2, 0.25) is 0 Å². The summed E-state index contributed by atoms with van der Waals surface area (Å²) in [5.74, 6) is 1.43. The first-order valence-corrected chi connectivity index (χ1v) is 10.6. The van der Waals surface area contributed by atoms with Gasteiger partial charge in [-0.15, -0.1) is 29.3 Å². The molecule has 0 N–H and O–H groups in total. The smallest absolute Gasteiger partial charge is 0.263 e. The van der Waals surface area contributed by atoms with Crippen molar-refractivity contribution in [2.45, 2.75) is 17.5 Å². The van der Waals surface area contributed by atoms with Crippen molar-refractivity contribution in [3.05, 3.63) is 58.1 Å². The minimum Gasteiger partial charge on any atom is -0.283 e. The highest BCUT2D eigenvalue weighted by atomic mass is 32.2. The van der Waals surface area contributed by atoms with E-state index in [1.807, 2.05) is 29.9 Å². The van der Waals surface area contributed by atoms with E-state index in [1.54, 1.807) is 26.7 Å². The zero-order chi connectivity index (χ0) is 18.1. The zero-order valence-corrected chi connectivity index (χ0v) is 16.4.